The van der Waals surface area contributed by atoms with Crippen LogP contribution in [0.4, 0.5) is 13.2 Å². The fourth-order valence-corrected chi connectivity index (χ4v) is 3.03. The Morgan fingerprint density at radius 3 is 2.09 bits per heavy atom. The quantitative estimate of drug-likeness (QED) is 0.810. The molecule has 0 aromatic heterocycles. The summed E-state index contributed by atoms with van der Waals surface area (Å²) in [4.78, 5) is 4.49. The zero-order chi connectivity index (χ0) is 17.2. The average molecular weight is 328 g/mol. The van der Waals surface area contributed by atoms with E-state index in [9.17, 15) is 13.2 Å². The Bertz CT molecular complexity index is 515. The van der Waals surface area contributed by atoms with Crippen molar-refractivity contribution in [1.82, 2.24) is 9.80 Å². The van der Waals surface area contributed by atoms with Crippen molar-refractivity contribution in [2.24, 2.45) is 0 Å². The van der Waals surface area contributed by atoms with E-state index < -0.39 is 11.7 Å². The second-order valence-electron chi connectivity index (χ2n) is 6.97. The number of alkyl halides is 3. The number of hydrogen-bond donors (Lipinski definition) is 0. The Labute approximate surface area is 137 Å². The van der Waals surface area contributed by atoms with Gasteiger partial charge in [-0.1, -0.05) is 26.0 Å². The van der Waals surface area contributed by atoms with Crippen molar-refractivity contribution in [1.29, 1.82) is 0 Å². The summed E-state index contributed by atoms with van der Waals surface area (Å²) in [6, 6.07) is 5.31. The van der Waals surface area contributed by atoms with Crippen LogP contribution in [0.25, 0.3) is 0 Å². The molecule has 0 spiro atoms. The van der Waals surface area contributed by atoms with Gasteiger partial charge in [-0.3, -0.25) is 9.80 Å². The molecule has 0 saturated carbocycles. The molecule has 130 valence electrons. The Kier molecular flexibility index (Phi) is 5.74. The third-order valence-corrected chi connectivity index (χ3v) is 4.64. The molecule has 2 nitrogen and oxygen atoms in total. The molecule has 0 radical (unpaired) electrons. The molecule has 2 rings (SSSR count). The van der Waals surface area contributed by atoms with Crippen LogP contribution in [0, 0.1) is 0 Å². The molecule has 1 aliphatic rings. The maximum atomic E-state index is 13.4. The van der Waals surface area contributed by atoms with Crippen LogP contribution in [0.3, 0.4) is 0 Å². The van der Waals surface area contributed by atoms with Crippen LogP contribution in [-0.4, -0.2) is 42.0 Å². The first-order valence-electron chi connectivity index (χ1n) is 8.35. The van der Waals surface area contributed by atoms with E-state index in [1.165, 1.54) is 6.07 Å². The second kappa shape index (κ2) is 7.22. The molecule has 0 bridgehead atoms. The van der Waals surface area contributed by atoms with Crippen molar-refractivity contribution >= 4 is 0 Å². The highest BCUT2D eigenvalue weighted by atomic mass is 19.4. The van der Waals surface area contributed by atoms with Crippen LogP contribution in [0.15, 0.2) is 18.2 Å². The average Bonchev–Trinajstić information content (AvgIpc) is 2.46. The van der Waals surface area contributed by atoms with Gasteiger partial charge in [-0.2, -0.15) is 13.2 Å². The normalized spacial score (nSPS) is 18.1. The van der Waals surface area contributed by atoms with Crippen molar-refractivity contribution in [3.63, 3.8) is 0 Å². The van der Waals surface area contributed by atoms with E-state index in [0.29, 0.717) is 18.2 Å². The SMILES string of the molecule is CC(C)c1ccc(CN2CCN(C(C)C)CC2)c(C(F)(F)F)c1. The van der Waals surface area contributed by atoms with E-state index in [0.717, 1.165) is 31.7 Å². The van der Waals surface area contributed by atoms with Gasteiger partial charge < -0.3 is 0 Å². The molecule has 0 aliphatic carbocycles. The molecular formula is C18H27F3N2. The molecular weight excluding hydrogens is 301 g/mol. The maximum Gasteiger partial charge on any atom is 0.416 e. The minimum absolute atomic E-state index is 0.0970. The lowest BCUT2D eigenvalue weighted by Crippen LogP contribution is -2.48. The highest BCUT2D eigenvalue weighted by Gasteiger charge is 2.34. The van der Waals surface area contributed by atoms with Gasteiger partial charge in [-0.25, -0.2) is 0 Å². The van der Waals surface area contributed by atoms with Crippen LogP contribution in [0.1, 0.15) is 50.3 Å². The summed E-state index contributed by atoms with van der Waals surface area (Å²) in [6.45, 7) is 12.0. The summed E-state index contributed by atoms with van der Waals surface area (Å²) < 4.78 is 40.2. The van der Waals surface area contributed by atoms with Gasteiger partial charge in [0, 0.05) is 38.8 Å². The number of benzene rings is 1. The number of nitrogens with zero attached hydrogens (tertiary/aromatic N) is 2. The van der Waals surface area contributed by atoms with Crippen LogP contribution < -0.4 is 0 Å². The highest BCUT2D eigenvalue weighted by molar-refractivity contribution is 5.35. The topological polar surface area (TPSA) is 6.48 Å². The summed E-state index contributed by atoms with van der Waals surface area (Å²) in [5.74, 6) is 0.0970. The third kappa shape index (κ3) is 4.70. The lowest BCUT2D eigenvalue weighted by molar-refractivity contribution is -0.138. The predicted octanol–water partition coefficient (Wildman–Crippen LogP) is 4.35. The van der Waals surface area contributed by atoms with Crippen molar-refractivity contribution in [2.75, 3.05) is 26.2 Å². The predicted molar refractivity (Wildman–Crippen MR) is 87.5 cm³/mol. The lowest BCUT2D eigenvalue weighted by Gasteiger charge is -2.37. The van der Waals surface area contributed by atoms with Crippen LogP contribution >= 0.6 is 0 Å². The summed E-state index contributed by atoms with van der Waals surface area (Å²) in [5, 5.41) is 0. The van der Waals surface area contributed by atoms with E-state index in [1.54, 1.807) is 6.07 Å². The van der Waals surface area contributed by atoms with Gasteiger partial charge in [0.2, 0.25) is 0 Å². The number of hydrogen-bond acceptors (Lipinski definition) is 2. The van der Waals surface area contributed by atoms with Gasteiger partial charge in [0.05, 0.1) is 5.56 Å². The first kappa shape index (κ1) is 18.3. The molecule has 0 N–H and O–H groups in total. The second-order valence-corrected chi connectivity index (χ2v) is 6.97. The lowest BCUT2D eigenvalue weighted by atomic mass is 9.96. The molecule has 1 aromatic rings. The number of halogens is 3. The van der Waals surface area contributed by atoms with Crippen LogP contribution in [0.5, 0.6) is 0 Å². The summed E-state index contributed by atoms with van der Waals surface area (Å²) in [6.07, 6.45) is -4.29. The van der Waals surface area contributed by atoms with Gasteiger partial charge >= 0.3 is 6.18 Å². The van der Waals surface area contributed by atoms with Gasteiger partial charge in [0.25, 0.3) is 0 Å². The zero-order valence-corrected chi connectivity index (χ0v) is 14.5. The van der Waals surface area contributed by atoms with E-state index in [2.05, 4.69) is 23.6 Å². The fourth-order valence-electron chi connectivity index (χ4n) is 3.03. The van der Waals surface area contributed by atoms with Crippen molar-refractivity contribution in [2.45, 2.75) is 52.4 Å². The third-order valence-electron chi connectivity index (χ3n) is 4.64. The zero-order valence-electron chi connectivity index (χ0n) is 14.5. The molecule has 5 heteroatoms. The maximum absolute atomic E-state index is 13.4. The molecule has 0 atom stereocenters. The molecule has 1 aliphatic heterocycles. The van der Waals surface area contributed by atoms with Gasteiger partial charge in [-0.15, -0.1) is 0 Å². The van der Waals surface area contributed by atoms with Crippen molar-refractivity contribution < 1.29 is 13.2 Å². The molecule has 0 unspecified atom stereocenters. The van der Waals surface area contributed by atoms with Gasteiger partial charge in [0.1, 0.15) is 0 Å². The van der Waals surface area contributed by atoms with E-state index in [4.69, 9.17) is 0 Å². The smallest absolute Gasteiger partial charge is 0.298 e. The minimum Gasteiger partial charge on any atom is -0.298 e. The first-order valence-corrected chi connectivity index (χ1v) is 8.35. The van der Waals surface area contributed by atoms with Gasteiger partial charge in [-0.05, 0) is 37.0 Å². The summed E-state index contributed by atoms with van der Waals surface area (Å²) >= 11 is 0. The van der Waals surface area contributed by atoms with E-state index >= 15 is 0 Å². The standard InChI is InChI=1S/C18H27F3N2/c1-13(2)15-5-6-16(17(11-15)18(19,20)21)12-22-7-9-23(10-8-22)14(3)4/h5-6,11,13-14H,7-10,12H2,1-4H3. The van der Waals surface area contributed by atoms with Crippen molar-refractivity contribution in [3.8, 4) is 0 Å². The summed E-state index contributed by atoms with van der Waals surface area (Å²) in [5.41, 5.74) is 0.653. The van der Waals surface area contributed by atoms with E-state index in [-0.39, 0.29) is 5.92 Å². The molecule has 0 amide bonds. The summed E-state index contributed by atoms with van der Waals surface area (Å²) in [7, 11) is 0. The van der Waals surface area contributed by atoms with Crippen LogP contribution in [-0.2, 0) is 12.7 Å². The molecule has 1 aromatic carbocycles. The molecule has 1 saturated heterocycles. The molecule has 1 fully saturated rings. The van der Waals surface area contributed by atoms with E-state index in [1.807, 2.05) is 19.9 Å². The minimum atomic E-state index is -4.29. The Morgan fingerprint density at radius 2 is 1.61 bits per heavy atom. The highest BCUT2D eigenvalue weighted by Crippen LogP contribution is 2.34. The Morgan fingerprint density at radius 1 is 1.00 bits per heavy atom. The Balaban J connectivity index is 2.14. The monoisotopic (exact) mass is 328 g/mol. The number of piperazine rings is 1. The Hall–Kier alpha value is -1.07. The van der Waals surface area contributed by atoms with Crippen LogP contribution in [0.2, 0.25) is 0 Å². The molecule has 1 heterocycles. The number of rotatable bonds is 4. The largest absolute Gasteiger partial charge is 0.416 e. The van der Waals surface area contributed by atoms with Gasteiger partial charge in [0.15, 0.2) is 0 Å². The fraction of sp³-hybridized carbons (Fsp3) is 0.667. The molecule has 23 heavy (non-hydrogen) atoms. The van der Waals surface area contributed by atoms with Crippen molar-refractivity contribution in [3.05, 3.63) is 34.9 Å². The first-order chi connectivity index (χ1) is 10.7.